The van der Waals surface area contributed by atoms with Crippen LogP contribution in [0.25, 0.3) is 0 Å². The van der Waals surface area contributed by atoms with Gasteiger partial charge in [0.05, 0.1) is 24.8 Å². The van der Waals surface area contributed by atoms with Gasteiger partial charge in [-0.3, -0.25) is 14.9 Å². The van der Waals surface area contributed by atoms with Crippen LogP contribution in [-0.2, 0) is 16.0 Å². The number of carbonyl (C=O) groups excluding carboxylic acids is 2. The molecule has 0 saturated carbocycles. The standard InChI is InChI=1S/C13H10BrFN2O3S/c1-20-11(18)5-8-6-21-13(16-8)17-12(19)9-4-7(14)2-3-10(9)15/h2-4,6H,5H2,1H3,(H,16,17,19). The summed E-state index contributed by atoms with van der Waals surface area (Å²) in [6.45, 7) is 0. The van der Waals surface area contributed by atoms with Gasteiger partial charge in [-0.05, 0) is 18.2 Å². The topological polar surface area (TPSA) is 68.3 Å². The first kappa shape index (κ1) is 15.6. The molecule has 0 saturated heterocycles. The minimum atomic E-state index is -0.623. The SMILES string of the molecule is COC(=O)Cc1csc(NC(=O)c2cc(Br)ccc2F)n1. The van der Waals surface area contributed by atoms with Gasteiger partial charge in [0.2, 0.25) is 0 Å². The zero-order chi connectivity index (χ0) is 15.4. The molecule has 1 amide bonds. The first-order valence-electron chi connectivity index (χ1n) is 5.77. The summed E-state index contributed by atoms with van der Waals surface area (Å²) < 4.78 is 18.7. The van der Waals surface area contributed by atoms with Crippen LogP contribution in [0.3, 0.4) is 0 Å². The van der Waals surface area contributed by atoms with Crippen molar-refractivity contribution in [1.82, 2.24) is 4.98 Å². The summed E-state index contributed by atoms with van der Waals surface area (Å²) >= 11 is 4.33. The number of hydrogen-bond donors (Lipinski definition) is 1. The highest BCUT2D eigenvalue weighted by molar-refractivity contribution is 9.10. The molecule has 0 unspecified atom stereocenters. The Labute approximate surface area is 132 Å². The monoisotopic (exact) mass is 372 g/mol. The molecule has 0 spiro atoms. The number of nitrogens with one attached hydrogen (secondary N) is 1. The molecule has 5 nitrogen and oxygen atoms in total. The molecule has 21 heavy (non-hydrogen) atoms. The lowest BCUT2D eigenvalue weighted by Crippen LogP contribution is -2.14. The van der Waals surface area contributed by atoms with Crippen molar-refractivity contribution in [3.63, 3.8) is 0 Å². The summed E-state index contributed by atoms with van der Waals surface area (Å²) in [5, 5.41) is 4.41. The van der Waals surface area contributed by atoms with E-state index in [4.69, 9.17) is 0 Å². The first-order chi connectivity index (χ1) is 9.99. The molecule has 1 N–H and O–H groups in total. The number of benzene rings is 1. The quantitative estimate of drug-likeness (QED) is 0.837. The van der Waals surface area contributed by atoms with Gasteiger partial charge in [0.25, 0.3) is 5.91 Å². The zero-order valence-corrected chi connectivity index (χ0v) is 13.3. The number of rotatable bonds is 4. The number of ether oxygens (including phenoxy) is 1. The van der Waals surface area contributed by atoms with Crippen LogP contribution in [0.1, 0.15) is 16.1 Å². The van der Waals surface area contributed by atoms with E-state index in [0.29, 0.717) is 15.3 Å². The largest absolute Gasteiger partial charge is 0.469 e. The van der Waals surface area contributed by atoms with E-state index < -0.39 is 17.7 Å². The van der Waals surface area contributed by atoms with E-state index in [1.54, 1.807) is 5.38 Å². The number of halogens is 2. The van der Waals surface area contributed by atoms with Gasteiger partial charge in [-0.15, -0.1) is 11.3 Å². The van der Waals surface area contributed by atoms with E-state index >= 15 is 0 Å². The molecule has 0 fully saturated rings. The van der Waals surface area contributed by atoms with Crippen molar-refractivity contribution in [1.29, 1.82) is 0 Å². The minimum Gasteiger partial charge on any atom is -0.469 e. The Morgan fingerprint density at radius 3 is 2.95 bits per heavy atom. The number of carbonyl (C=O) groups is 2. The molecule has 0 aliphatic carbocycles. The number of methoxy groups -OCH3 is 1. The molecular formula is C13H10BrFN2O3S. The van der Waals surface area contributed by atoms with Gasteiger partial charge < -0.3 is 4.74 Å². The Morgan fingerprint density at radius 2 is 2.24 bits per heavy atom. The smallest absolute Gasteiger partial charge is 0.311 e. The van der Waals surface area contributed by atoms with Crippen molar-refractivity contribution in [2.45, 2.75) is 6.42 Å². The van der Waals surface area contributed by atoms with Crippen LogP contribution in [0.5, 0.6) is 0 Å². The normalized spacial score (nSPS) is 10.2. The molecule has 1 heterocycles. The molecule has 0 radical (unpaired) electrons. The van der Waals surface area contributed by atoms with E-state index in [1.807, 2.05) is 0 Å². The molecule has 1 aromatic heterocycles. The van der Waals surface area contributed by atoms with Gasteiger partial charge >= 0.3 is 5.97 Å². The molecule has 2 aromatic rings. The van der Waals surface area contributed by atoms with Crippen molar-refractivity contribution in [3.05, 3.63) is 45.1 Å². The van der Waals surface area contributed by atoms with Crippen molar-refractivity contribution >= 4 is 44.3 Å². The highest BCUT2D eigenvalue weighted by atomic mass is 79.9. The Bertz CT molecular complexity index is 690. The van der Waals surface area contributed by atoms with Crippen molar-refractivity contribution in [2.75, 3.05) is 12.4 Å². The molecule has 2 rings (SSSR count). The van der Waals surface area contributed by atoms with Crippen LogP contribution >= 0.6 is 27.3 Å². The molecule has 110 valence electrons. The fraction of sp³-hybridized carbons (Fsp3) is 0.154. The van der Waals surface area contributed by atoms with Gasteiger partial charge in [0.15, 0.2) is 5.13 Å². The van der Waals surface area contributed by atoms with Crippen LogP contribution in [-0.4, -0.2) is 24.0 Å². The number of amides is 1. The van der Waals surface area contributed by atoms with Gasteiger partial charge in [0, 0.05) is 9.85 Å². The summed E-state index contributed by atoms with van der Waals surface area (Å²) in [5.74, 6) is -1.65. The molecule has 0 bridgehead atoms. The maximum Gasteiger partial charge on any atom is 0.311 e. The average Bonchev–Trinajstić information content (AvgIpc) is 2.88. The summed E-state index contributed by atoms with van der Waals surface area (Å²) in [6, 6.07) is 4.08. The van der Waals surface area contributed by atoms with Crippen molar-refractivity contribution in [3.8, 4) is 0 Å². The minimum absolute atomic E-state index is 0.0219. The number of nitrogens with zero attached hydrogens (tertiary/aromatic N) is 1. The van der Waals surface area contributed by atoms with Crippen LogP contribution in [0.15, 0.2) is 28.1 Å². The van der Waals surface area contributed by atoms with Gasteiger partial charge in [-0.2, -0.15) is 0 Å². The summed E-state index contributed by atoms with van der Waals surface area (Å²) in [4.78, 5) is 27.2. The lowest BCUT2D eigenvalue weighted by Gasteiger charge is -2.03. The third-order valence-corrected chi connectivity index (χ3v) is 3.80. The Balaban J connectivity index is 2.09. The number of anilines is 1. The van der Waals surface area contributed by atoms with Crippen LogP contribution in [0.4, 0.5) is 9.52 Å². The molecular weight excluding hydrogens is 363 g/mol. The first-order valence-corrected chi connectivity index (χ1v) is 7.44. The molecule has 0 aliphatic rings. The fourth-order valence-corrected chi connectivity index (χ4v) is 2.57. The average molecular weight is 373 g/mol. The predicted octanol–water partition coefficient (Wildman–Crippen LogP) is 3.01. The Hall–Kier alpha value is -1.80. The second kappa shape index (κ2) is 6.77. The third-order valence-electron chi connectivity index (χ3n) is 2.50. The number of hydrogen-bond acceptors (Lipinski definition) is 5. The van der Waals surface area contributed by atoms with Gasteiger partial charge in [-0.1, -0.05) is 15.9 Å². The fourth-order valence-electron chi connectivity index (χ4n) is 1.50. The lowest BCUT2D eigenvalue weighted by atomic mass is 10.2. The highest BCUT2D eigenvalue weighted by Crippen LogP contribution is 2.20. The zero-order valence-electron chi connectivity index (χ0n) is 10.9. The second-order valence-corrected chi connectivity index (χ2v) is 5.75. The molecule has 0 aliphatic heterocycles. The van der Waals surface area contributed by atoms with E-state index in [0.717, 1.165) is 11.3 Å². The summed E-state index contributed by atoms with van der Waals surface area (Å²) in [6.07, 6.45) is 0.0219. The van der Waals surface area contributed by atoms with E-state index in [-0.39, 0.29) is 12.0 Å². The predicted molar refractivity (Wildman–Crippen MR) is 79.9 cm³/mol. The molecule has 1 aromatic carbocycles. The summed E-state index contributed by atoms with van der Waals surface area (Å²) in [7, 11) is 1.29. The van der Waals surface area contributed by atoms with E-state index in [2.05, 4.69) is 31.0 Å². The summed E-state index contributed by atoms with van der Waals surface area (Å²) in [5.41, 5.74) is 0.394. The number of thiazole rings is 1. The maximum atomic E-state index is 13.6. The molecule has 0 atom stereocenters. The van der Waals surface area contributed by atoms with Crippen molar-refractivity contribution < 1.29 is 18.7 Å². The number of aromatic nitrogens is 1. The van der Waals surface area contributed by atoms with E-state index in [1.165, 1.54) is 25.3 Å². The lowest BCUT2D eigenvalue weighted by molar-refractivity contribution is -0.139. The van der Waals surface area contributed by atoms with Crippen LogP contribution in [0, 0.1) is 5.82 Å². The van der Waals surface area contributed by atoms with E-state index in [9.17, 15) is 14.0 Å². The highest BCUT2D eigenvalue weighted by Gasteiger charge is 2.15. The van der Waals surface area contributed by atoms with Crippen LogP contribution in [0.2, 0.25) is 0 Å². The van der Waals surface area contributed by atoms with Crippen molar-refractivity contribution in [2.24, 2.45) is 0 Å². The van der Waals surface area contributed by atoms with Crippen LogP contribution < -0.4 is 5.32 Å². The Kier molecular flexibility index (Phi) is 5.03. The second-order valence-electron chi connectivity index (χ2n) is 3.98. The number of esters is 1. The Morgan fingerprint density at radius 1 is 1.48 bits per heavy atom. The maximum absolute atomic E-state index is 13.6. The van der Waals surface area contributed by atoms with Gasteiger partial charge in [0.1, 0.15) is 5.82 Å². The third kappa shape index (κ3) is 4.08. The molecule has 8 heteroatoms. The van der Waals surface area contributed by atoms with Gasteiger partial charge in [-0.25, -0.2) is 9.37 Å².